The van der Waals surface area contributed by atoms with E-state index in [-0.39, 0.29) is 18.1 Å². The predicted octanol–water partition coefficient (Wildman–Crippen LogP) is 1.75. The van der Waals surface area contributed by atoms with Gasteiger partial charge in [0.15, 0.2) is 0 Å². The Morgan fingerprint density at radius 3 is 2.44 bits per heavy atom. The van der Waals surface area contributed by atoms with E-state index in [0.717, 1.165) is 12.8 Å². The minimum atomic E-state index is -0.259. The van der Waals surface area contributed by atoms with Crippen LogP contribution in [0, 0.1) is 0 Å². The van der Waals surface area contributed by atoms with Gasteiger partial charge in [-0.1, -0.05) is 19.3 Å². The van der Waals surface area contributed by atoms with Crippen molar-refractivity contribution in [1.29, 1.82) is 0 Å². The normalized spacial score (nSPS) is 18.4. The van der Waals surface area contributed by atoms with Crippen molar-refractivity contribution in [1.82, 2.24) is 10.8 Å². The Morgan fingerprint density at radius 2 is 1.88 bits per heavy atom. The number of hydrogen-bond acceptors (Lipinski definition) is 3. The van der Waals surface area contributed by atoms with Crippen LogP contribution in [-0.2, 0) is 9.63 Å². The van der Waals surface area contributed by atoms with Gasteiger partial charge in [0, 0.05) is 6.04 Å². The molecule has 0 atom stereocenters. The number of carbonyl (C=O) groups is 1. The molecule has 4 heteroatoms. The number of nitrogens with one attached hydrogen (secondary N) is 2. The first-order valence-corrected chi connectivity index (χ1v) is 6.17. The molecular weight excluding hydrogens is 204 g/mol. The summed E-state index contributed by atoms with van der Waals surface area (Å²) >= 11 is 0. The summed E-state index contributed by atoms with van der Waals surface area (Å²) in [4.78, 5) is 16.8. The Morgan fingerprint density at radius 1 is 1.25 bits per heavy atom. The second kappa shape index (κ2) is 6.21. The van der Waals surface area contributed by atoms with E-state index < -0.39 is 0 Å². The molecule has 0 aliphatic heterocycles. The first-order valence-electron chi connectivity index (χ1n) is 6.17. The van der Waals surface area contributed by atoms with E-state index in [1.807, 2.05) is 20.8 Å². The number of hydrogen-bond donors (Lipinski definition) is 2. The molecule has 0 heterocycles. The molecule has 1 saturated carbocycles. The van der Waals surface area contributed by atoms with Gasteiger partial charge in [0.05, 0.1) is 12.1 Å². The lowest BCUT2D eigenvalue weighted by Crippen LogP contribution is -2.42. The van der Waals surface area contributed by atoms with E-state index in [0.29, 0.717) is 6.04 Å². The molecule has 0 aromatic carbocycles. The highest BCUT2D eigenvalue weighted by Crippen LogP contribution is 2.17. The molecular formula is C12H24N2O2. The standard InChI is InChI=1S/C12H24N2O2/c1-12(2,3)16-13-9-11(15)14-10-7-5-4-6-8-10/h10,13H,4-9H2,1-3H3,(H,14,15). The molecule has 4 nitrogen and oxygen atoms in total. The van der Waals surface area contributed by atoms with Crippen LogP contribution in [0.4, 0.5) is 0 Å². The van der Waals surface area contributed by atoms with Gasteiger partial charge in [-0.15, -0.1) is 0 Å². The number of hydroxylamine groups is 1. The van der Waals surface area contributed by atoms with Crippen molar-refractivity contribution in [2.45, 2.75) is 64.5 Å². The molecule has 0 unspecified atom stereocenters. The summed E-state index contributed by atoms with van der Waals surface area (Å²) in [6.07, 6.45) is 6.00. The number of amides is 1. The average Bonchev–Trinajstić information content (AvgIpc) is 2.17. The van der Waals surface area contributed by atoms with Crippen molar-refractivity contribution < 1.29 is 9.63 Å². The zero-order chi connectivity index (χ0) is 12.0. The molecule has 94 valence electrons. The van der Waals surface area contributed by atoms with Crippen LogP contribution in [0.25, 0.3) is 0 Å². The Labute approximate surface area is 98.1 Å². The number of carbonyl (C=O) groups excluding carboxylic acids is 1. The van der Waals surface area contributed by atoms with Crippen LogP contribution in [0.2, 0.25) is 0 Å². The Balaban J connectivity index is 2.10. The monoisotopic (exact) mass is 228 g/mol. The lowest BCUT2D eigenvalue weighted by atomic mass is 9.95. The van der Waals surface area contributed by atoms with Gasteiger partial charge in [0.2, 0.25) is 5.91 Å². The first-order chi connectivity index (χ1) is 7.47. The molecule has 1 amide bonds. The largest absolute Gasteiger partial charge is 0.352 e. The Bertz CT molecular complexity index is 218. The van der Waals surface area contributed by atoms with Gasteiger partial charge in [-0.2, -0.15) is 5.48 Å². The average molecular weight is 228 g/mol. The van der Waals surface area contributed by atoms with Crippen molar-refractivity contribution in [3.8, 4) is 0 Å². The third-order valence-electron chi connectivity index (χ3n) is 2.58. The fourth-order valence-electron chi connectivity index (χ4n) is 1.84. The predicted molar refractivity (Wildman–Crippen MR) is 63.9 cm³/mol. The van der Waals surface area contributed by atoms with Crippen LogP contribution < -0.4 is 10.8 Å². The Hall–Kier alpha value is -0.610. The van der Waals surface area contributed by atoms with Crippen LogP contribution >= 0.6 is 0 Å². The van der Waals surface area contributed by atoms with E-state index in [1.165, 1.54) is 19.3 Å². The lowest BCUT2D eigenvalue weighted by molar-refractivity contribution is -0.128. The van der Waals surface area contributed by atoms with Crippen molar-refractivity contribution in [3.63, 3.8) is 0 Å². The maximum Gasteiger partial charge on any atom is 0.236 e. The van der Waals surface area contributed by atoms with Gasteiger partial charge in [0.25, 0.3) is 0 Å². The second-order valence-corrected chi connectivity index (χ2v) is 5.44. The minimum absolute atomic E-state index is 0.0242. The topological polar surface area (TPSA) is 50.4 Å². The van der Waals surface area contributed by atoms with Crippen molar-refractivity contribution in [2.24, 2.45) is 0 Å². The minimum Gasteiger partial charge on any atom is -0.352 e. The summed E-state index contributed by atoms with van der Waals surface area (Å²) < 4.78 is 0. The van der Waals surface area contributed by atoms with Crippen molar-refractivity contribution in [2.75, 3.05) is 6.54 Å². The highest BCUT2D eigenvalue weighted by atomic mass is 16.7. The fourth-order valence-corrected chi connectivity index (χ4v) is 1.84. The van der Waals surface area contributed by atoms with E-state index >= 15 is 0 Å². The molecule has 0 bridgehead atoms. The molecule has 0 aromatic heterocycles. The second-order valence-electron chi connectivity index (χ2n) is 5.44. The van der Waals surface area contributed by atoms with E-state index in [9.17, 15) is 4.79 Å². The summed E-state index contributed by atoms with van der Waals surface area (Å²) in [7, 11) is 0. The molecule has 0 saturated heterocycles. The van der Waals surface area contributed by atoms with Crippen molar-refractivity contribution in [3.05, 3.63) is 0 Å². The van der Waals surface area contributed by atoms with Gasteiger partial charge in [0.1, 0.15) is 0 Å². The SMILES string of the molecule is CC(C)(C)ONCC(=O)NC1CCCCC1. The van der Waals surface area contributed by atoms with E-state index in [2.05, 4.69) is 10.8 Å². The van der Waals surface area contributed by atoms with E-state index in [1.54, 1.807) is 0 Å². The third-order valence-corrected chi connectivity index (χ3v) is 2.58. The maximum atomic E-state index is 11.5. The Kier molecular flexibility index (Phi) is 5.22. The van der Waals surface area contributed by atoms with Gasteiger partial charge < -0.3 is 5.32 Å². The molecule has 1 aliphatic rings. The fraction of sp³-hybridized carbons (Fsp3) is 0.917. The quantitative estimate of drug-likeness (QED) is 0.721. The molecule has 16 heavy (non-hydrogen) atoms. The summed E-state index contributed by atoms with van der Waals surface area (Å²) in [6, 6.07) is 0.373. The van der Waals surface area contributed by atoms with Crippen molar-refractivity contribution >= 4 is 5.91 Å². The summed E-state index contributed by atoms with van der Waals surface area (Å²) in [5, 5.41) is 3.02. The number of rotatable bonds is 4. The molecule has 1 fully saturated rings. The van der Waals surface area contributed by atoms with Gasteiger partial charge in [-0.25, -0.2) is 0 Å². The zero-order valence-electron chi connectivity index (χ0n) is 10.6. The smallest absolute Gasteiger partial charge is 0.236 e. The molecule has 2 N–H and O–H groups in total. The maximum absolute atomic E-state index is 11.5. The van der Waals surface area contributed by atoms with Crippen LogP contribution in [0.15, 0.2) is 0 Å². The van der Waals surface area contributed by atoms with Crippen LogP contribution in [0.3, 0.4) is 0 Å². The van der Waals surface area contributed by atoms with Gasteiger partial charge in [-0.3, -0.25) is 9.63 Å². The lowest BCUT2D eigenvalue weighted by Gasteiger charge is -2.23. The summed E-state index contributed by atoms with van der Waals surface area (Å²) in [5.41, 5.74) is 2.44. The van der Waals surface area contributed by atoms with Gasteiger partial charge in [-0.05, 0) is 33.6 Å². The summed E-state index contributed by atoms with van der Waals surface area (Å²) in [6.45, 7) is 6.06. The molecule has 1 rings (SSSR count). The highest BCUT2D eigenvalue weighted by Gasteiger charge is 2.16. The molecule has 0 radical (unpaired) electrons. The molecule has 1 aliphatic carbocycles. The van der Waals surface area contributed by atoms with Crippen LogP contribution in [0.1, 0.15) is 52.9 Å². The van der Waals surface area contributed by atoms with Crippen LogP contribution in [0.5, 0.6) is 0 Å². The third kappa shape index (κ3) is 6.08. The summed E-state index contributed by atoms with van der Waals surface area (Å²) in [5.74, 6) is 0.0242. The van der Waals surface area contributed by atoms with Gasteiger partial charge >= 0.3 is 0 Å². The first kappa shape index (κ1) is 13.5. The highest BCUT2D eigenvalue weighted by molar-refractivity contribution is 5.78. The van der Waals surface area contributed by atoms with Crippen LogP contribution in [-0.4, -0.2) is 24.1 Å². The molecule has 0 spiro atoms. The van der Waals surface area contributed by atoms with E-state index in [4.69, 9.17) is 4.84 Å². The molecule has 0 aromatic rings. The zero-order valence-corrected chi connectivity index (χ0v) is 10.6.